The van der Waals surface area contributed by atoms with Crippen molar-refractivity contribution in [2.24, 2.45) is 0 Å². The molecule has 17 heavy (non-hydrogen) atoms. The van der Waals surface area contributed by atoms with E-state index in [4.69, 9.17) is 4.74 Å². The Bertz CT molecular complexity index is 172. The van der Waals surface area contributed by atoms with E-state index in [1.54, 1.807) is 7.11 Å². The van der Waals surface area contributed by atoms with E-state index in [1.807, 2.05) is 6.92 Å². The van der Waals surface area contributed by atoms with Crippen molar-refractivity contribution in [3.05, 3.63) is 0 Å². The van der Waals surface area contributed by atoms with E-state index in [1.165, 1.54) is 32.1 Å². The molecule has 0 radical (unpaired) electrons. The van der Waals surface area contributed by atoms with Crippen LogP contribution in [0.15, 0.2) is 0 Å². The second kappa shape index (κ2) is 9.86. The van der Waals surface area contributed by atoms with Crippen molar-refractivity contribution in [1.82, 2.24) is 5.32 Å². The summed E-state index contributed by atoms with van der Waals surface area (Å²) < 4.78 is 4.99. The van der Waals surface area contributed by atoms with Crippen molar-refractivity contribution in [3.8, 4) is 0 Å². The number of aliphatic hydroxyl groups is 1. The summed E-state index contributed by atoms with van der Waals surface area (Å²) >= 11 is 0. The average molecular weight is 245 g/mol. The van der Waals surface area contributed by atoms with E-state index in [-0.39, 0.29) is 0 Å². The Balaban J connectivity index is 3.56. The summed E-state index contributed by atoms with van der Waals surface area (Å²) in [7, 11) is 1.67. The minimum atomic E-state index is -0.659. The fraction of sp³-hybridized carbons (Fsp3) is 1.00. The number of methoxy groups -OCH3 is 1. The van der Waals surface area contributed by atoms with Crippen molar-refractivity contribution >= 4 is 0 Å². The van der Waals surface area contributed by atoms with Crippen molar-refractivity contribution in [2.75, 3.05) is 20.3 Å². The van der Waals surface area contributed by atoms with Gasteiger partial charge >= 0.3 is 0 Å². The first-order valence-electron chi connectivity index (χ1n) is 6.96. The van der Waals surface area contributed by atoms with Crippen molar-refractivity contribution in [2.45, 2.75) is 70.9 Å². The lowest BCUT2D eigenvalue weighted by Gasteiger charge is -2.25. The molecule has 0 aliphatic rings. The van der Waals surface area contributed by atoms with E-state index < -0.39 is 5.60 Å². The number of unbranched alkanes of at least 4 members (excludes halogenated alkanes) is 3. The Kier molecular flexibility index (Phi) is 9.79. The maximum atomic E-state index is 10.1. The van der Waals surface area contributed by atoms with Crippen molar-refractivity contribution in [3.63, 3.8) is 0 Å². The highest BCUT2D eigenvalue weighted by Crippen LogP contribution is 2.10. The third-order valence-electron chi connectivity index (χ3n) is 3.17. The Morgan fingerprint density at radius 2 is 2.00 bits per heavy atom. The maximum absolute atomic E-state index is 10.1. The molecule has 0 saturated heterocycles. The number of nitrogens with one attached hydrogen (secondary N) is 1. The molecule has 0 fully saturated rings. The van der Waals surface area contributed by atoms with E-state index in [2.05, 4.69) is 19.2 Å². The van der Waals surface area contributed by atoms with Crippen LogP contribution >= 0.6 is 0 Å². The Hall–Kier alpha value is -0.120. The highest BCUT2D eigenvalue weighted by Gasteiger charge is 2.20. The summed E-state index contributed by atoms with van der Waals surface area (Å²) in [5, 5.41) is 13.5. The molecule has 0 aliphatic heterocycles. The van der Waals surface area contributed by atoms with Gasteiger partial charge in [0.15, 0.2) is 0 Å². The first kappa shape index (κ1) is 16.9. The largest absolute Gasteiger partial charge is 0.389 e. The molecule has 2 atom stereocenters. The molecule has 104 valence electrons. The van der Waals surface area contributed by atoms with Crippen LogP contribution in [0.25, 0.3) is 0 Å². The molecule has 0 heterocycles. The summed E-state index contributed by atoms with van der Waals surface area (Å²) in [6, 6.07) is 0.487. The summed E-state index contributed by atoms with van der Waals surface area (Å²) in [4.78, 5) is 0. The minimum absolute atomic E-state index is 0.487. The summed E-state index contributed by atoms with van der Waals surface area (Å²) in [5.41, 5.74) is -0.659. The van der Waals surface area contributed by atoms with Crippen LogP contribution in [-0.2, 0) is 4.74 Å². The number of ether oxygens (including phenoxy) is 1. The lowest BCUT2D eigenvalue weighted by molar-refractivity contribution is 0.0229. The Morgan fingerprint density at radius 3 is 2.59 bits per heavy atom. The van der Waals surface area contributed by atoms with E-state index >= 15 is 0 Å². The van der Waals surface area contributed by atoms with E-state index in [0.29, 0.717) is 25.6 Å². The fourth-order valence-corrected chi connectivity index (χ4v) is 1.78. The van der Waals surface area contributed by atoms with Crippen LogP contribution in [0.2, 0.25) is 0 Å². The van der Waals surface area contributed by atoms with Crippen LogP contribution < -0.4 is 5.32 Å². The lowest BCUT2D eigenvalue weighted by atomic mass is 10.0. The van der Waals surface area contributed by atoms with Crippen LogP contribution in [0.3, 0.4) is 0 Å². The molecule has 3 heteroatoms. The van der Waals surface area contributed by atoms with Gasteiger partial charge in [-0.05, 0) is 20.3 Å². The van der Waals surface area contributed by atoms with Gasteiger partial charge in [0.2, 0.25) is 0 Å². The van der Waals surface area contributed by atoms with Gasteiger partial charge in [0.05, 0.1) is 5.60 Å². The van der Waals surface area contributed by atoms with Gasteiger partial charge in [0.1, 0.15) is 0 Å². The topological polar surface area (TPSA) is 41.5 Å². The molecule has 0 aliphatic carbocycles. The predicted octanol–water partition coefficient (Wildman–Crippen LogP) is 2.72. The van der Waals surface area contributed by atoms with Gasteiger partial charge in [-0.25, -0.2) is 0 Å². The summed E-state index contributed by atoms with van der Waals surface area (Å²) in [6.45, 7) is 7.54. The minimum Gasteiger partial charge on any atom is -0.389 e. The van der Waals surface area contributed by atoms with Gasteiger partial charge in [-0.3, -0.25) is 0 Å². The fourth-order valence-electron chi connectivity index (χ4n) is 1.78. The Labute approximate surface area is 107 Å². The molecule has 2 N–H and O–H groups in total. The summed E-state index contributed by atoms with van der Waals surface area (Å²) in [5.74, 6) is 0. The van der Waals surface area contributed by atoms with Gasteiger partial charge in [0.25, 0.3) is 0 Å². The predicted molar refractivity (Wildman–Crippen MR) is 73.3 cm³/mol. The number of hydrogen-bond donors (Lipinski definition) is 2. The Morgan fingerprint density at radius 1 is 1.29 bits per heavy atom. The second-order valence-corrected chi connectivity index (χ2v) is 5.37. The summed E-state index contributed by atoms with van der Waals surface area (Å²) in [6.07, 6.45) is 7.09. The standard InChI is InChI=1S/C14H31NO2/c1-5-6-7-8-9-13(2)15-12-14(3,16)10-11-17-4/h13,15-16H,5-12H2,1-4H3. The molecular formula is C14H31NO2. The molecule has 0 rings (SSSR count). The van der Waals surface area contributed by atoms with Crippen LogP contribution in [-0.4, -0.2) is 37.0 Å². The third-order valence-corrected chi connectivity index (χ3v) is 3.17. The average Bonchev–Trinajstić information content (AvgIpc) is 2.30. The van der Waals surface area contributed by atoms with E-state index in [9.17, 15) is 5.11 Å². The highest BCUT2D eigenvalue weighted by molar-refractivity contribution is 4.77. The first-order chi connectivity index (χ1) is 8.02. The number of rotatable bonds is 11. The molecule has 0 aromatic rings. The van der Waals surface area contributed by atoms with Gasteiger partial charge in [-0.2, -0.15) is 0 Å². The molecule has 2 unspecified atom stereocenters. The lowest BCUT2D eigenvalue weighted by Crippen LogP contribution is -2.42. The quantitative estimate of drug-likeness (QED) is 0.550. The monoisotopic (exact) mass is 245 g/mol. The van der Waals surface area contributed by atoms with Crippen LogP contribution in [0, 0.1) is 0 Å². The van der Waals surface area contributed by atoms with Crippen LogP contribution in [0.1, 0.15) is 59.3 Å². The second-order valence-electron chi connectivity index (χ2n) is 5.37. The van der Waals surface area contributed by atoms with Gasteiger partial charge in [-0.1, -0.05) is 32.6 Å². The third kappa shape index (κ3) is 10.7. The first-order valence-corrected chi connectivity index (χ1v) is 6.96. The molecule has 0 amide bonds. The normalized spacial score (nSPS) is 16.8. The molecular weight excluding hydrogens is 214 g/mol. The molecule has 0 spiro atoms. The zero-order valence-corrected chi connectivity index (χ0v) is 12.1. The zero-order chi connectivity index (χ0) is 13.1. The highest BCUT2D eigenvalue weighted by atomic mass is 16.5. The molecule has 0 aromatic heterocycles. The zero-order valence-electron chi connectivity index (χ0n) is 12.1. The number of hydrogen-bond acceptors (Lipinski definition) is 3. The molecule has 3 nitrogen and oxygen atoms in total. The van der Waals surface area contributed by atoms with Crippen LogP contribution in [0.4, 0.5) is 0 Å². The van der Waals surface area contributed by atoms with Gasteiger partial charge < -0.3 is 15.2 Å². The van der Waals surface area contributed by atoms with Crippen LogP contribution in [0.5, 0.6) is 0 Å². The van der Waals surface area contributed by atoms with Crippen molar-refractivity contribution < 1.29 is 9.84 Å². The molecule has 0 bridgehead atoms. The molecule has 0 saturated carbocycles. The van der Waals surface area contributed by atoms with Gasteiger partial charge in [-0.15, -0.1) is 0 Å². The van der Waals surface area contributed by atoms with Crippen molar-refractivity contribution in [1.29, 1.82) is 0 Å². The molecule has 0 aromatic carbocycles. The van der Waals surface area contributed by atoms with Gasteiger partial charge in [0, 0.05) is 32.7 Å². The van der Waals surface area contributed by atoms with E-state index in [0.717, 1.165) is 0 Å². The maximum Gasteiger partial charge on any atom is 0.0765 e. The smallest absolute Gasteiger partial charge is 0.0765 e. The SMILES string of the molecule is CCCCCCC(C)NCC(C)(O)CCOC.